The van der Waals surface area contributed by atoms with E-state index < -0.39 is 12.2 Å². The molecule has 1 aromatic heterocycles. The number of likely N-dealkylation sites (tertiary alicyclic amines) is 1. The normalized spacial score (nSPS) is 14.6. The SMILES string of the molecule is COc1c(NC(=O)CCc2ccc(-c3ccccc3)c(NC(=O)OC3CC[N+](C)(C)CC3)c2)ccc(NC[C@H](O)c2ccc(O)c3[nH]c(=O)ccc23)c1C. The Bertz CT molecular complexity index is 2190. The fraction of sp³-hybridized carbons (Fsp3) is 0.310. The molecule has 0 spiro atoms. The van der Waals surface area contributed by atoms with Crippen LogP contribution in [-0.2, 0) is 16.0 Å². The molecular weight excluding hydrogens is 686 g/mol. The van der Waals surface area contributed by atoms with Crippen molar-refractivity contribution in [3.8, 4) is 22.6 Å². The van der Waals surface area contributed by atoms with E-state index >= 15 is 0 Å². The number of piperidine rings is 1. The summed E-state index contributed by atoms with van der Waals surface area (Å²) in [6.45, 7) is 3.89. The number of rotatable bonds is 12. The number of fused-ring (bicyclic) bond motifs is 1. The number of hydrogen-bond donors (Lipinski definition) is 6. The van der Waals surface area contributed by atoms with Crippen molar-refractivity contribution in [2.75, 3.05) is 56.8 Å². The molecule has 1 saturated heterocycles. The van der Waals surface area contributed by atoms with E-state index in [0.717, 1.165) is 52.7 Å². The number of hydrogen-bond acceptors (Lipinski definition) is 8. The lowest BCUT2D eigenvalue weighted by Gasteiger charge is -2.36. The molecule has 5 aromatic rings. The number of phenolic OH excluding ortho intramolecular Hbond substituents is 1. The molecule has 2 heterocycles. The number of nitrogens with one attached hydrogen (secondary N) is 4. The highest BCUT2D eigenvalue weighted by Crippen LogP contribution is 2.35. The first kappa shape index (κ1) is 37.9. The average Bonchev–Trinajstić information content (AvgIpc) is 3.15. The fourth-order valence-corrected chi connectivity index (χ4v) is 6.95. The van der Waals surface area contributed by atoms with E-state index in [1.54, 1.807) is 24.3 Å². The second-order valence-electron chi connectivity index (χ2n) is 14.4. The van der Waals surface area contributed by atoms with E-state index in [-0.39, 0.29) is 41.8 Å². The number of H-pyrrole nitrogens is 1. The minimum absolute atomic E-state index is 0.0804. The molecule has 0 saturated carbocycles. The van der Waals surface area contributed by atoms with Crippen molar-refractivity contribution in [3.63, 3.8) is 0 Å². The van der Waals surface area contributed by atoms with Gasteiger partial charge in [-0.05, 0) is 60.4 Å². The van der Waals surface area contributed by atoms with Gasteiger partial charge < -0.3 is 39.8 Å². The molecule has 12 nitrogen and oxygen atoms in total. The van der Waals surface area contributed by atoms with Crippen molar-refractivity contribution in [2.24, 2.45) is 0 Å². The Morgan fingerprint density at radius 2 is 1.67 bits per heavy atom. The number of pyridine rings is 1. The van der Waals surface area contributed by atoms with Gasteiger partial charge in [0.25, 0.3) is 0 Å². The summed E-state index contributed by atoms with van der Waals surface area (Å²) in [5.41, 5.74) is 5.70. The number of aryl methyl sites for hydroxylation is 1. The van der Waals surface area contributed by atoms with Crippen LogP contribution in [0.1, 0.15) is 42.1 Å². The van der Waals surface area contributed by atoms with Gasteiger partial charge in [-0.2, -0.15) is 0 Å². The molecular formula is C42H48N5O7+. The molecule has 1 aliphatic rings. The summed E-state index contributed by atoms with van der Waals surface area (Å²) in [5, 5.41) is 31.0. The largest absolute Gasteiger partial charge is 0.506 e. The Hall–Kier alpha value is -5.85. The van der Waals surface area contributed by atoms with Gasteiger partial charge >= 0.3 is 6.09 Å². The Kier molecular flexibility index (Phi) is 11.5. The predicted molar refractivity (Wildman–Crippen MR) is 211 cm³/mol. The number of ether oxygens (including phenoxy) is 2. The number of aromatic amines is 1. The van der Waals surface area contributed by atoms with E-state index in [0.29, 0.717) is 40.2 Å². The number of aromatic nitrogens is 1. The highest BCUT2D eigenvalue weighted by molar-refractivity contribution is 5.94. The molecule has 6 rings (SSSR count). The standard InChI is InChI=1S/C42H47N5O7/c1-26-33(43-25-37(49)31-13-17-36(48)40-32(31)14-19-39(51)46-40)15-16-34(41(26)53-4)44-38(50)18-11-27-10-12-30(28-8-6-5-7-9-28)35(24-27)45-42(52)54-29-20-22-47(2,3)23-21-29/h5-10,12-17,19,24,29,37,43,49H,11,18,20-23,25H2,1-4H3,(H3-,44,45,46,48,50,51,52)/p+1/t37-/m0/s1. The van der Waals surface area contributed by atoms with Crippen LogP contribution in [-0.4, -0.2) is 78.6 Å². The first-order chi connectivity index (χ1) is 25.9. The number of quaternary nitrogens is 1. The van der Waals surface area contributed by atoms with Crippen molar-refractivity contribution >= 4 is 40.0 Å². The van der Waals surface area contributed by atoms with Gasteiger partial charge in [0, 0.05) is 54.1 Å². The van der Waals surface area contributed by atoms with E-state index in [1.165, 1.54) is 19.2 Å². The van der Waals surface area contributed by atoms with E-state index in [9.17, 15) is 24.6 Å². The Labute approximate surface area is 314 Å². The zero-order valence-electron chi connectivity index (χ0n) is 31.1. The van der Waals surface area contributed by atoms with Crippen molar-refractivity contribution in [1.82, 2.24) is 4.98 Å². The quantitative estimate of drug-likeness (QED) is 0.0770. The Morgan fingerprint density at radius 1 is 0.926 bits per heavy atom. The number of aromatic hydroxyl groups is 1. The number of carbonyl (C=O) groups excluding carboxylic acids is 2. The summed E-state index contributed by atoms with van der Waals surface area (Å²) in [4.78, 5) is 40.7. The number of anilines is 3. The van der Waals surface area contributed by atoms with E-state index in [2.05, 4.69) is 35.0 Å². The van der Waals surface area contributed by atoms with Gasteiger partial charge in [0.05, 0.1) is 57.3 Å². The highest BCUT2D eigenvalue weighted by Gasteiger charge is 2.29. The van der Waals surface area contributed by atoms with Crippen LogP contribution in [0.4, 0.5) is 21.9 Å². The Balaban J connectivity index is 1.09. The van der Waals surface area contributed by atoms with Gasteiger partial charge in [-0.3, -0.25) is 14.9 Å². The van der Waals surface area contributed by atoms with E-state index in [1.807, 2.05) is 55.5 Å². The molecule has 12 heteroatoms. The maximum atomic E-state index is 13.2. The number of carbonyl (C=O) groups is 2. The molecule has 1 fully saturated rings. The number of benzene rings is 4. The van der Waals surface area contributed by atoms with Crippen LogP contribution in [0.2, 0.25) is 0 Å². The molecule has 2 amide bonds. The lowest BCUT2D eigenvalue weighted by molar-refractivity contribution is -0.896. The first-order valence-electron chi connectivity index (χ1n) is 18.1. The smallest absolute Gasteiger partial charge is 0.411 e. The second-order valence-corrected chi connectivity index (χ2v) is 14.4. The molecule has 0 radical (unpaired) electrons. The second kappa shape index (κ2) is 16.4. The van der Waals surface area contributed by atoms with Crippen molar-refractivity contribution in [1.29, 1.82) is 0 Å². The van der Waals surface area contributed by atoms with Gasteiger partial charge in [0.15, 0.2) is 0 Å². The number of methoxy groups -OCH3 is 1. The molecule has 0 bridgehead atoms. The molecule has 0 aliphatic carbocycles. The minimum Gasteiger partial charge on any atom is -0.506 e. The first-order valence-corrected chi connectivity index (χ1v) is 18.1. The number of aliphatic hydroxyl groups is 1. The lowest BCUT2D eigenvalue weighted by Crippen LogP contribution is -2.48. The third-order valence-electron chi connectivity index (χ3n) is 10.1. The summed E-state index contributed by atoms with van der Waals surface area (Å²) in [5.74, 6) is 0.192. The van der Waals surface area contributed by atoms with Crippen LogP contribution in [0.3, 0.4) is 0 Å². The summed E-state index contributed by atoms with van der Waals surface area (Å²) in [6, 6.07) is 25.2. The molecule has 1 atom stereocenters. The zero-order valence-corrected chi connectivity index (χ0v) is 31.1. The molecule has 4 aromatic carbocycles. The van der Waals surface area contributed by atoms with Crippen molar-refractivity contribution in [3.05, 3.63) is 112 Å². The number of aliphatic hydroxyl groups excluding tert-OH is 1. The Morgan fingerprint density at radius 3 is 2.41 bits per heavy atom. The van der Waals surface area contributed by atoms with Gasteiger partial charge in [0.1, 0.15) is 17.6 Å². The van der Waals surface area contributed by atoms with Gasteiger partial charge in [0.2, 0.25) is 11.5 Å². The van der Waals surface area contributed by atoms with Crippen LogP contribution in [0, 0.1) is 6.92 Å². The third-order valence-corrected chi connectivity index (χ3v) is 10.1. The van der Waals surface area contributed by atoms with Crippen LogP contribution >= 0.6 is 0 Å². The van der Waals surface area contributed by atoms with Gasteiger partial charge in [-0.25, -0.2) is 4.79 Å². The number of nitrogens with zero attached hydrogens (tertiary/aromatic N) is 1. The van der Waals surface area contributed by atoms with Crippen molar-refractivity contribution < 1.29 is 33.8 Å². The minimum atomic E-state index is -0.962. The van der Waals surface area contributed by atoms with Gasteiger partial charge in [-0.15, -0.1) is 0 Å². The number of phenols is 1. The third kappa shape index (κ3) is 9.02. The van der Waals surface area contributed by atoms with Gasteiger partial charge in [-0.1, -0.05) is 48.5 Å². The van der Waals surface area contributed by atoms with Crippen LogP contribution in [0.5, 0.6) is 11.5 Å². The average molecular weight is 735 g/mol. The monoisotopic (exact) mass is 734 g/mol. The summed E-state index contributed by atoms with van der Waals surface area (Å²) in [7, 11) is 5.90. The molecule has 1 aliphatic heterocycles. The van der Waals surface area contributed by atoms with Crippen LogP contribution in [0.15, 0.2) is 89.7 Å². The van der Waals surface area contributed by atoms with Crippen LogP contribution < -0.4 is 26.2 Å². The molecule has 6 N–H and O–H groups in total. The fourth-order valence-electron chi connectivity index (χ4n) is 6.95. The maximum absolute atomic E-state index is 13.2. The summed E-state index contributed by atoms with van der Waals surface area (Å²) >= 11 is 0. The summed E-state index contributed by atoms with van der Waals surface area (Å²) < 4.78 is 12.4. The molecule has 54 heavy (non-hydrogen) atoms. The van der Waals surface area contributed by atoms with Crippen molar-refractivity contribution in [2.45, 2.75) is 44.8 Å². The predicted octanol–water partition coefficient (Wildman–Crippen LogP) is 6.72. The highest BCUT2D eigenvalue weighted by atomic mass is 16.6. The van der Waals surface area contributed by atoms with Crippen LogP contribution in [0.25, 0.3) is 22.0 Å². The zero-order chi connectivity index (χ0) is 38.4. The van der Waals surface area contributed by atoms with E-state index in [4.69, 9.17) is 9.47 Å². The topological polar surface area (TPSA) is 162 Å². The lowest BCUT2D eigenvalue weighted by atomic mass is 9.99. The summed E-state index contributed by atoms with van der Waals surface area (Å²) in [6.07, 6.45) is 0.676. The molecule has 282 valence electrons. The maximum Gasteiger partial charge on any atom is 0.411 e. The number of amides is 2. The molecule has 0 unspecified atom stereocenters.